The monoisotopic (exact) mass is 347 g/mol. The Morgan fingerprint density at radius 2 is 2.12 bits per heavy atom. The lowest BCUT2D eigenvalue weighted by Gasteiger charge is -2.34. The molecule has 4 heterocycles. The third-order valence-electron chi connectivity index (χ3n) is 5.28. The van der Waals surface area contributed by atoms with Crippen LogP contribution in [-0.2, 0) is 0 Å². The fourth-order valence-corrected chi connectivity index (χ4v) is 3.99. The van der Waals surface area contributed by atoms with Crippen LogP contribution in [0.25, 0.3) is 11.0 Å². The first-order valence-corrected chi connectivity index (χ1v) is 8.68. The van der Waals surface area contributed by atoms with Gasteiger partial charge in [-0.3, -0.25) is 9.59 Å². The number of fused-ring (bicyclic) bond motifs is 2. The number of nitrogens with one attached hydrogen (secondary N) is 1. The van der Waals surface area contributed by atoms with Gasteiger partial charge in [-0.2, -0.15) is 0 Å². The number of pyridine rings is 1. The summed E-state index contributed by atoms with van der Waals surface area (Å²) < 4.78 is 6.20. The Kier molecular flexibility index (Phi) is 3.16. The van der Waals surface area contributed by atoms with Crippen LogP contribution in [0.2, 0.25) is 0 Å². The fourth-order valence-electron chi connectivity index (χ4n) is 3.99. The molecule has 6 heteroatoms. The molecule has 6 nitrogen and oxygen atoms in total. The van der Waals surface area contributed by atoms with Gasteiger partial charge in [-0.15, -0.1) is 0 Å². The number of carbonyl (C=O) groups is 2. The van der Waals surface area contributed by atoms with Crippen LogP contribution in [0.15, 0.2) is 48.8 Å². The molecule has 3 aromatic rings. The van der Waals surface area contributed by atoms with Crippen LogP contribution in [0.3, 0.4) is 0 Å². The molecule has 26 heavy (non-hydrogen) atoms. The van der Waals surface area contributed by atoms with Crippen molar-refractivity contribution < 1.29 is 14.3 Å². The van der Waals surface area contributed by atoms with Crippen molar-refractivity contribution in [3.63, 3.8) is 0 Å². The predicted molar refractivity (Wildman–Crippen MR) is 95.4 cm³/mol. The topological polar surface area (TPSA) is 75.3 Å². The summed E-state index contributed by atoms with van der Waals surface area (Å²) in [5.41, 5.74) is 1.31. The maximum atomic E-state index is 13.0. The van der Waals surface area contributed by atoms with Gasteiger partial charge in [0.25, 0.3) is 5.91 Å². The van der Waals surface area contributed by atoms with E-state index in [1.54, 1.807) is 23.4 Å². The molecule has 130 valence electrons. The van der Waals surface area contributed by atoms with Crippen molar-refractivity contribution in [3.8, 4) is 5.75 Å². The smallest absolute Gasteiger partial charge is 0.256 e. The van der Waals surface area contributed by atoms with E-state index < -0.39 is 5.60 Å². The third kappa shape index (κ3) is 2.22. The first-order valence-electron chi connectivity index (χ1n) is 8.68. The molecule has 1 spiro atoms. The number of aromatic nitrogens is 2. The van der Waals surface area contributed by atoms with Gasteiger partial charge >= 0.3 is 0 Å². The average molecular weight is 347 g/mol. The van der Waals surface area contributed by atoms with Gasteiger partial charge in [0, 0.05) is 30.7 Å². The Bertz CT molecular complexity index is 1040. The lowest BCUT2D eigenvalue weighted by Crippen LogP contribution is -2.45. The highest BCUT2D eigenvalue weighted by Crippen LogP contribution is 2.39. The summed E-state index contributed by atoms with van der Waals surface area (Å²) in [5.74, 6) is 0.641. The number of benzene rings is 1. The minimum Gasteiger partial charge on any atom is -0.484 e. The summed E-state index contributed by atoms with van der Waals surface area (Å²) in [6.45, 7) is 0.986. The molecule has 0 bridgehead atoms. The molecule has 1 atom stereocenters. The summed E-state index contributed by atoms with van der Waals surface area (Å²) in [6.07, 6.45) is 4.35. The number of likely N-dealkylation sites (tertiary alicyclic amines) is 1. The number of hydrogen-bond acceptors (Lipinski definition) is 4. The SMILES string of the molecule is O=C1CC2(CCN(C(=O)c3c[nH]c4ncccc34)C2)Oc2ccccc21. The summed E-state index contributed by atoms with van der Waals surface area (Å²) in [7, 11) is 0. The molecule has 0 saturated carbocycles. The highest BCUT2D eigenvalue weighted by molar-refractivity contribution is 6.06. The molecule has 2 aliphatic heterocycles. The molecule has 0 aliphatic carbocycles. The van der Waals surface area contributed by atoms with E-state index in [1.807, 2.05) is 30.3 Å². The van der Waals surface area contributed by atoms with E-state index in [-0.39, 0.29) is 11.7 Å². The van der Waals surface area contributed by atoms with E-state index in [0.717, 1.165) is 5.39 Å². The lowest BCUT2D eigenvalue weighted by atomic mass is 9.89. The second-order valence-electron chi connectivity index (χ2n) is 6.96. The van der Waals surface area contributed by atoms with Crippen molar-refractivity contribution in [3.05, 3.63) is 59.9 Å². The number of nitrogens with zero attached hydrogens (tertiary/aromatic N) is 2. The molecule has 1 unspecified atom stereocenters. The van der Waals surface area contributed by atoms with Crippen molar-refractivity contribution in [2.24, 2.45) is 0 Å². The zero-order chi connectivity index (χ0) is 17.7. The summed E-state index contributed by atoms with van der Waals surface area (Å²) in [5, 5.41) is 0.810. The Balaban J connectivity index is 1.43. The number of ketones is 1. The normalized spacial score (nSPS) is 21.8. The van der Waals surface area contributed by atoms with E-state index in [0.29, 0.717) is 48.5 Å². The Hall–Kier alpha value is -3.15. The molecule has 2 aromatic heterocycles. The molecule has 1 saturated heterocycles. The molecule has 1 aromatic carbocycles. The zero-order valence-corrected chi connectivity index (χ0v) is 14.1. The first-order chi connectivity index (χ1) is 12.7. The number of carbonyl (C=O) groups excluding carboxylic acids is 2. The van der Waals surface area contributed by atoms with E-state index in [1.165, 1.54) is 0 Å². The summed E-state index contributed by atoms with van der Waals surface area (Å²) in [4.78, 5) is 34.6. The maximum absolute atomic E-state index is 13.0. The van der Waals surface area contributed by atoms with E-state index in [4.69, 9.17) is 4.74 Å². The van der Waals surface area contributed by atoms with E-state index >= 15 is 0 Å². The van der Waals surface area contributed by atoms with Crippen LogP contribution in [0.4, 0.5) is 0 Å². The van der Waals surface area contributed by atoms with Gasteiger partial charge in [0.15, 0.2) is 5.78 Å². The van der Waals surface area contributed by atoms with Gasteiger partial charge in [0.1, 0.15) is 17.0 Å². The second-order valence-corrected chi connectivity index (χ2v) is 6.96. The fraction of sp³-hybridized carbons (Fsp3) is 0.250. The molecular weight excluding hydrogens is 330 g/mol. The molecule has 0 radical (unpaired) electrons. The zero-order valence-electron chi connectivity index (χ0n) is 14.1. The first kappa shape index (κ1) is 15.1. The van der Waals surface area contributed by atoms with Crippen LogP contribution in [0, 0.1) is 0 Å². The second kappa shape index (κ2) is 5.42. The molecule has 1 fully saturated rings. The van der Waals surface area contributed by atoms with E-state index in [2.05, 4.69) is 9.97 Å². The standard InChI is InChI=1S/C20H17N3O3/c24-16-10-20(26-17-6-2-1-4-14(16)17)7-9-23(12-20)19(25)15-11-22-18-13(15)5-3-8-21-18/h1-6,8,11H,7,9-10,12H2,(H,21,22). The highest BCUT2D eigenvalue weighted by Gasteiger charge is 2.47. The predicted octanol–water partition coefficient (Wildman–Crippen LogP) is 2.81. The van der Waals surface area contributed by atoms with Crippen molar-refractivity contribution in [1.82, 2.24) is 14.9 Å². The molecule has 1 N–H and O–H groups in total. The molecule has 2 aliphatic rings. The number of para-hydroxylation sites is 1. The van der Waals surface area contributed by atoms with Crippen LogP contribution in [0.1, 0.15) is 33.6 Å². The van der Waals surface area contributed by atoms with Crippen LogP contribution >= 0.6 is 0 Å². The van der Waals surface area contributed by atoms with Gasteiger partial charge in [-0.05, 0) is 24.3 Å². The average Bonchev–Trinajstić information content (AvgIpc) is 3.26. The lowest BCUT2D eigenvalue weighted by molar-refractivity contribution is 0.0429. The molecule has 5 rings (SSSR count). The third-order valence-corrected chi connectivity index (χ3v) is 5.28. The highest BCUT2D eigenvalue weighted by atomic mass is 16.5. The summed E-state index contributed by atoms with van der Waals surface area (Å²) in [6, 6.07) is 11.0. The van der Waals surface area contributed by atoms with Gasteiger partial charge in [-0.25, -0.2) is 4.98 Å². The minimum atomic E-state index is -0.620. The largest absolute Gasteiger partial charge is 0.484 e. The number of aromatic amines is 1. The van der Waals surface area contributed by atoms with Gasteiger partial charge in [0.05, 0.1) is 24.1 Å². The van der Waals surface area contributed by atoms with Crippen LogP contribution < -0.4 is 4.74 Å². The Labute approximate surface area is 149 Å². The number of H-pyrrole nitrogens is 1. The van der Waals surface area contributed by atoms with Crippen molar-refractivity contribution in [2.45, 2.75) is 18.4 Å². The van der Waals surface area contributed by atoms with Crippen molar-refractivity contribution >= 4 is 22.7 Å². The van der Waals surface area contributed by atoms with Gasteiger partial charge in [0.2, 0.25) is 0 Å². The molecular formula is C20H17N3O3. The molecule has 1 amide bonds. The summed E-state index contributed by atoms with van der Waals surface area (Å²) >= 11 is 0. The number of hydrogen-bond donors (Lipinski definition) is 1. The number of amides is 1. The van der Waals surface area contributed by atoms with Gasteiger partial charge in [-0.1, -0.05) is 12.1 Å². The van der Waals surface area contributed by atoms with Crippen molar-refractivity contribution in [2.75, 3.05) is 13.1 Å². The van der Waals surface area contributed by atoms with Gasteiger partial charge < -0.3 is 14.6 Å². The Morgan fingerprint density at radius 1 is 1.23 bits per heavy atom. The number of ether oxygens (including phenoxy) is 1. The van der Waals surface area contributed by atoms with E-state index in [9.17, 15) is 9.59 Å². The maximum Gasteiger partial charge on any atom is 0.256 e. The van der Waals surface area contributed by atoms with Crippen molar-refractivity contribution in [1.29, 1.82) is 0 Å². The minimum absolute atomic E-state index is 0.0592. The Morgan fingerprint density at radius 3 is 3.04 bits per heavy atom. The van der Waals surface area contributed by atoms with Crippen LogP contribution in [0.5, 0.6) is 5.75 Å². The quantitative estimate of drug-likeness (QED) is 0.734. The number of Topliss-reactive ketones (excluding diaryl/α,β-unsaturated/α-hetero) is 1. The van der Waals surface area contributed by atoms with Crippen LogP contribution in [-0.4, -0.2) is 45.2 Å². The number of rotatable bonds is 1.